The van der Waals surface area contributed by atoms with Crippen LogP contribution in [0.5, 0.6) is 0 Å². The van der Waals surface area contributed by atoms with Gasteiger partial charge in [-0.15, -0.1) is 10.2 Å². The van der Waals surface area contributed by atoms with Crippen LogP contribution < -0.4 is 5.32 Å². The number of anilines is 1. The Morgan fingerprint density at radius 1 is 1.00 bits per heavy atom. The lowest BCUT2D eigenvalue weighted by Crippen LogP contribution is -2.08. The molecule has 1 heterocycles. The van der Waals surface area contributed by atoms with Crippen molar-refractivity contribution >= 4 is 5.69 Å². The minimum Gasteiger partial charge on any atom is -0.378 e. The van der Waals surface area contributed by atoms with E-state index in [9.17, 15) is 0 Å². The lowest BCUT2D eigenvalue weighted by Gasteiger charge is -2.18. The first-order chi connectivity index (χ1) is 10.2. The topological polar surface area (TPSA) is 42.7 Å². The largest absolute Gasteiger partial charge is 0.378 e. The number of aromatic nitrogens is 3. The van der Waals surface area contributed by atoms with Crippen molar-refractivity contribution < 1.29 is 0 Å². The highest BCUT2D eigenvalue weighted by Crippen LogP contribution is 2.23. The first kappa shape index (κ1) is 13.4. The fourth-order valence-electron chi connectivity index (χ4n) is 2.49. The highest BCUT2D eigenvalue weighted by molar-refractivity contribution is 5.52. The van der Waals surface area contributed by atoms with Gasteiger partial charge in [0, 0.05) is 11.7 Å². The Morgan fingerprint density at radius 3 is 2.52 bits per heavy atom. The first-order valence-corrected chi connectivity index (χ1v) is 7.01. The molecule has 0 aliphatic carbocycles. The molecule has 1 unspecified atom stereocenters. The molecule has 3 rings (SSSR count). The van der Waals surface area contributed by atoms with Crippen molar-refractivity contribution in [3.05, 3.63) is 72.3 Å². The van der Waals surface area contributed by atoms with E-state index < -0.39 is 0 Å². The van der Waals surface area contributed by atoms with Crippen LogP contribution in [0.15, 0.2) is 61.2 Å². The number of aryl methyl sites for hydroxylation is 1. The van der Waals surface area contributed by atoms with Gasteiger partial charge in [-0.25, -0.2) is 0 Å². The highest BCUT2D eigenvalue weighted by atomic mass is 15.2. The number of rotatable bonds is 4. The maximum atomic E-state index is 3.84. The van der Waals surface area contributed by atoms with Crippen molar-refractivity contribution in [1.82, 2.24) is 14.8 Å². The van der Waals surface area contributed by atoms with Crippen LogP contribution >= 0.6 is 0 Å². The van der Waals surface area contributed by atoms with Crippen LogP contribution in [-0.2, 0) is 0 Å². The van der Waals surface area contributed by atoms with Gasteiger partial charge in [-0.2, -0.15) is 0 Å². The number of hydrogen-bond acceptors (Lipinski definition) is 3. The van der Waals surface area contributed by atoms with Crippen LogP contribution in [0.1, 0.15) is 24.1 Å². The molecule has 0 fully saturated rings. The second kappa shape index (κ2) is 5.79. The van der Waals surface area contributed by atoms with Crippen molar-refractivity contribution in [2.75, 3.05) is 5.32 Å². The van der Waals surface area contributed by atoms with Gasteiger partial charge in [-0.05, 0) is 43.2 Å². The molecule has 0 aliphatic heterocycles. The molecule has 0 saturated carbocycles. The average Bonchev–Trinajstić information content (AvgIpc) is 3.02. The molecule has 1 atom stereocenters. The van der Waals surface area contributed by atoms with E-state index >= 15 is 0 Å². The lowest BCUT2D eigenvalue weighted by molar-refractivity contribution is 0.873. The third kappa shape index (κ3) is 2.94. The van der Waals surface area contributed by atoms with Crippen LogP contribution in [0.2, 0.25) is 0 Å². The molecule has 4 nitrogen and oxygen atoms in total. The fraction of sp³-hybridized carbons (Fsp3) is 0.176. The molecule has 3 aromatic rings. The summed E-state index contributed by atoms with van der Waals surface area (Å²) in [5.74, 6) is 0. The molecule has 21 heavy (non-hydrogen) atoms. The van der Waals surface area contributed by atoms with Gasteiger partial charge in [0.1, 0.15) is 12.7 Å². The van der Waals surface area contributed by atoms with E-state index in [4.69, 9.17) is 0 Å². The van der Waals surface area contributed by atoms with Crippen molar-refractivity contribution in [3.8, 4) is 5.69 Å². The molecule has 106 valence electrons. The Kier molecular flexibility index (Phi) is 3.69. The molecule has 0 saturated heterocycles. The zero-order chi connectivity index (χ0) is 14.7. The summed E-state index contributed by atoms with van der Waals surface area (Å²) in [5, 5.41) is 11.2. The quantitative estimate of drug-likeness (QED) is 0.790. The molecule has 0 aliphatic rings. The molecule has 2 aromatic carbocycles. The van der Waals surface area contributed by atoms with Gasteiger partial charge in [0.15, 0.2) is 0 Å². The van der Waals surface area contributed by atoms with E-state index in [1.54, 1.807) is 12.7 Å². The van der Waals surface area contributed by atoms with Crippen LogP contribution in [0, 0.1) is 6.92 Å². The maximum absolute atomic E-state index is 3.84. The summed E-state index contributed by atoms with van der Waals surface area (Å²) >= 11 is 0. The highest BCUT2D eigenvalue weighted by Gasteiger charge is 2.08. The standard InChI is InChI=1S/C17H18N4/c1-13-6-3-4-9-17(13)14(2)20-15-7-5-8-16(10-15)21-11-18-19-12-21/h3-12,14,20H,1-2H3. The summed E-state index contributed by atoms with van der Waals surface area (Å²) in [6.07, 6.45) is 3.40. The van der Waals surface area contributed by atoms with Crippen molar-refractivity contribution in [2.24, 2.45) is 0 Å². The number of benzene rings is 2. The number of hydrogen-bond donors (Lipinski definition) is 1. The van der Waals surface area contributed by atoms with Crippen LogP contribution in [0.4, 0.5) is 5.69 Å². The van der Waals surface area contributed by atoms with Gasteiger partial charge < -0.3 is 5.32 Å². The third-order valence-corrected chi connectivity index (χ3v) is 3.60. The van der Waals surface area contributed by atoms with E-state index in [0.29, 0.717) is 0 Å². The zero-order valence-corrected chi connectivity index (χ0v) is 12.2. The smallest absolute Gasteiger partial charge is 0.123 e. The second-order valence-electron chi connectivity index (χ2n) is 5.14. The van der Waals surface area contributed by atoms with Gasteiger partial charge in [0.05, 0.1) is 5.69 Å². The van der Waals surface area contributed by atoms with Crippen molar-refractivity contribution in [2.45, 2.75) is 19.9 Å². The van der Waals surface area contributed by atoms with Gasteiger partial charge in [-0.3, -0.25) is 4.57 Å². The minimum atomic E-state index is 0.252. The maximum Gasteiger partial charge on any atom is 0.123 e. The van der Waals surface area contributed by atoms with Crippen molar-refractivity contribution in [1.29, 1.82) is 0 Å². The first-order valence-electron chi connectivity index (χ1n) is 7.01. The molecular weight excluding hydrogens is 260 g/mol. The predicted octanol–water partition coefficient (Wildman–Crippen LogP) is 3.75. The zero-order valence-electron chi connectivity index (χ0n) is 12.2. The van der Waals surface area contributed by atoms with Gasteiger partial charge >= 0.3 is 0 Å². The molecule has 1 N–H and O–H groups in total. The van der Waals surface area contributed by atoms with E-state index in [0.717, 1.165) is 11.4 Å². The fourth-order valence-corrected chi connectivity index (χ4v) is 2.49. The Hall–Kier alpha value is -2.62. The SMILES string of the molecule is Cc1ccccc1C(C)Nc1cccc(-n2cnnc2)c1. The summed E-state index contributed by atoms with van der Waals surface area (Å²) < 4.78 is 1.89. The van der Waals surface area contributed by atoms with E-state index in [2.05, 4.69) is 65.8 Å². The van der Waals surface area contributed by atoms with Crippen molar-refractivity contribution in [3.63, 3.8) is 0 Å². The van der Waals surface area contributed by atoms with Gasteiger partial charge in [-0.1, -0.05) is 30.3 Å². The molecule has 4 heteroatoms. The molecule has 0 spiro atoms. The summed E-state index contributed by atoms with van der Waals surface area (Å²) in [7, 11) is 0. The van der Waals surface area contributed by atoms with E-state index in [1.165, 1.54) is 11.1 Å². The molecular formula is C17H18N4. The Balaban J connectivity index is 1.82. The second-order valence-corrected chi connectivity index (χ2v) is 5.14. The number of nitrogens with one attached hydrogen (secondary N) is 1. The third-order valence-electron chi connectivity index (χ3n) is 3.60. The lowest BCUT2D eigenvalue weighted by atomic mass is 10.0. The van der Waals surface area contributed by atoms with Crippen LogP contribution in [0.25, 0.3) is 5.69 Å². The molecule has 0 bridgehead atoms. The average molecular weight is 278 g/mol. The minimum absolute atomic E-state index is 0.252. The van der Waals surface area contributed by atoms with Crippen LogP contribution in [0.3, 0.4) is 0 Å². The Morgan fingerprint density at radius 2 is 1.76 bits per heavy atom. The number of nitrogens with zero attached hydrogens (tertiary/aromatic N) is 3. The predicted molar refractivity (Wildman–Crippen MR) is 84.6 cm³/mol. The summed E-state index contributed by atoms with van der Waals surface area (Å²) in [6.45, 7) is 4.31. The Bertz CT molecular complexity index is 719. The van der Waals surface area contributed by atoms with Gasteiger partial charge in [0.2, 0.25) is 0 Å². The van der Waals surface area contributed by atoms with E-state index in [-0.39, 0.29) is 6.04 Å². The summed E-state index contributed by atoms with van der Waals surface area (Å²) in [6, 6.07) is 16.9. The van der Waals surface area contributed by atoms with Gasteiger partial charge in [0.25, 0.3) is 0 Å². The van der Waals surface area contributed by atoms with E-state index in [1.807, 2.05) is 16.7 Å². The monoisotopic (exact) mass is 278 g/mol. The molecule has 1 aromatic heterocycles. The van der Waals surface area contributed by atoms with Crippen LogP contribution in [-0.4, -0.2) is 14.8 Å². The Labute approximate surface area is 124 Å². The molecule has 0 radical (unpaired) electrons. The normalized spacial score (nSPS) is 12.1. The summed E-state index contributed by atoms with van der Waals surface area (Å²) in [4.78, 5) is 0. The molecule has 0 amide bonds. The summed E-state index contributed by atoms with van der Waals surface area (Å²) in [5.41, 5.74) is 4.73.